The van der Waals surface area contributed by atoms with Gasteiger partial charge in [-0.3, -0.25) is 0 Å². The molecule has 28 heavy (non-hydrogen) atoms. The third-order valence-electron chi connectivity index (χ3n) is 6.72. The SMILES string of the molecule is CCOC(=O)/C=C1\CCCCC1(O[Si](C)(C)C(C)(C)C)O[Si](C)(C)C(C)(C)C. The fourth-order valence-electron chi connectivity index (χ4n) is 2.92. The summed E-state index contributed by atoms with van der Waals surface area (Å²) in [7, 11) is -4.26. The zero-order chi connectivity index (χ0) is 22.0. The first-order chi connectivity index (χ1) is 12.5. The molecule has 0 aromatic heterocycles. The van der Waals surface area contributed by atoms with Gasteiger partial charge in [0.05, 0.1) is 6.61 Å². The van der Waals surface area contributed by atoms with E-state index >= 15 is 0 Å². The first kappa shape index (κ1) is 25.6. The highest BCUT2D eigenvalue weighted by Crippen LogP contribution is 2.49. The molecule has 1 fully saturated rings. The Labute approximate surface area is 175 Å². The van der Waals surface area contributed by atoms with Crippen LogP contribution in [0.1, 0.15) is 74.1 Å². The van der Waals surface area contributed by atoms with Gasteiger partial charge in [0.2, 0.25) is 0 Å². The number of rotatable bonds is 6. The molecule has 0 aromatic carbocycles. The van der Waals surface area contributed by atoms with Crippen molar-refractivity contribution < 1.29 is 18.4 Å². The quantitative estimate of drug-likeness (QED) is 0.202. The molecule has 1 aliphatic rings. The van der Waals surface area contributed by atoms with E-state index in [0.29, 0.717) is 6.61 Å². The fraction of sp³-hybridized carbons (Fsp3) is 0.864. The Balaban J connectivity index is 3.50. The minimum absolute atomic E-state index is 0.0588. The number of hydrogen-bond acceptors (Lipinski definition) is 4. The third-order valence-corrected chi connectivity index (χ3v) is 15.6. The Kier molecular flexibility index (Phi) is 7.99. The molecule has 0 bridgehead atoms. The predicted octanol–water partition coefficient (Wildman–Crippen LogP) is 6.79. The highest BCUT2D eigenvalue weighted by molar-refractivity contribution is 6.75. The van der Waals surface area contributed by atoms with Crippen molar-refractivity contribution in [3.63, 3.8) is 0 Å². The van der Waals surface area contributed by atoms with Gasteiger partial charge in [0.25, 0.3) is 0 Å². The van der Waals surface area contributed by atoms with E-state index in [1.807, 2.05) is 6.92 Å². The molecular weight excluding hydrogens is 384 g/mol. The maximum absolute atomic E-state index is 12.3. The molecule has 0 atom stereocenters. The van der Waals surface area contributed by atoms with Crippen molar-refractivity contribution in [2.75, 3.05) is 6.61 Å². The van der Waals surface area contributed by atoms with Gasteiger partial charge >= 0.3 is 5.97 Å². The van der Waals surface area contributed by atoms with E-state index in [4.69, 9.17) is 13.6 Å². The molecular formula is C22H44O4Si2. The minimum atomic E-state index is -2.13. The van der Waals surface area contributed by atoms with E-state index in [1.54, 1.807) is 6.08 Å². The minimum Gasteiger partial charge on any atom is -0.463 e. The van der Waals surface area contributed by atoms with Gasteiger partial charge in [-0.25, -0.2) is 4.79 Å². The molecule has 0 spiro atoms. The standard InChI is InChI=1S/C22H44O4Si2/c1-12-24-19(23)17-18-15-13-14-16-22(18,25-27(8,9)20(2,3)4)26-28(10,11)21(5,6)7/h17H,12-16H2,1-11H3/b18-17+. The predicted molar refractivity (Wildman–Crippen MR) is 122 cm³/mol. The highest BCUT2D eigenvalue weighted by atomic mass is 28.4. The second kappa shape index (κ2) is 8.74. The molecule has 6 heteroatoms. The first-order valence-corrected chi connectivity index (χ1v) is 16.6. The van der Waals surface area contributed by atoms with Crippen molar-refractivity contribution in [2.45, 2.75) is 116 Å². The van der Waals surface area contributed by atoms with Crippen LogP contribution < -0.4 is 0 Å². The van der Waals surface area contributed by atoms with Gasteiger partial charge in [0.1, 0.15) is 0 Å². The molecule has 4 nitrogen and oxygen atoms in total. The summed E-state index contributed by atoms with van der Waals surface area (Å²) >= 11 is 0. The van der Waals surface area contributed by atoms with E-state index in [1.165, 1.54) is 0 Å². The van der Waals surface area contributed by atoms with E-state index in [2.05, 4.69) is 67.7 Å². The lowest BCUT2D eigenvalue weighted by molar-refractivity contribution is -0.139. The number of ether oxygens (including phenoxy) is 1. The topological polar surface area (TPSA) is 44.8 Å². The van der Waals surface area contributed by atoms with Crippen LogP contribution in [0, 0.1) is 0 Å². The van der Waals surface area contributed by atoms with Gasteiger partial charge in [0, 0.05) is 12.5 Å². The lowest BCUT2D eigenvalue weighted by atomic mass is 9.88. The summed E-state index contributed by atoms with van der Waals surface area (Å²) in [5, 5.41) is 0.118. The van der Waals surface area contributed by atoms with Crippen LogP contribution in [0.15, 0.2) is 11.6 Å². The van der Waals surface area contributed by atoms with Gasteiger partial charge in [-0.05, 0) is 68.0 Å². The first-order valence-electron chi connectivity index (χ1n) is 10.8. The van der Waals surface area contributed by atoms with Gasteiger partial charge < -0.3 is 13.6 Å². The van der Waals surface area contributed by atoms with Crippen molar-refractivity contribution in [2.24, 2.45) is 0 Å². The Hall–Kier alpha value is -0.436. The Morgan fingerprint density at radius 3 is 1.82 bits per heavy atom. The molecule has 0 saturated heterocycles. The van der Waals surface area contributed by atoms with E-state index in [-0.39, 0.29) is 16.0 Å². The van der Waals surface area contributed by atoms with Crippen molar-refractivity contribution in [1.82, 2.24) is 0 Å². The monoisotopic (exact) mass is 428 g/mol. The summed E-state index contributed by atoms with van der Waals surface area (Å²) < 4.78 is 19.3. The van der Waals surface area contributed by atoms with Gasteiger partial charge in [-0.15, -0.1) is 0 Å². The Morgan fingerprint density at radius 2 is 1.43 bits per heavy atom. The van der Waals surface area contributed by atoms with Crippen LogP contribution in [-0.2, 0) is 18.4 Å². The summed E-state index contributed by atoms with van der Waals surface area (Å²) in [5.41, 5.74) is 0.965. The van der Waals surface area contributed by atoms with Crippen LogP contribution in [0.5, 0.6) is 0 Å². The Bertz CT molecular complexity index is 552. The van der Waals surface area contributed by atoms with E-state index in [0.717, 1.165) is 31.3 Å². The number of carbonyl (C=O) groups is 1. The molecule has 1 saturated carbocycles. The summed E-state index contributed by atoms with van der Waals surface area (Å²) in [6.07, 6.45) is 5.38. The van der Waals surface area contributed by atoms with Crippen LogP contribution in [0.25, 0.3) is 0 Å². The van der Waals surface area contributed by atoms with Crippen LogP contribution >= 0.6 is 0 Å². The molecule has 0 aromatic rings. The van der Waals surface area contributed by atoms with Crippen molar-refractivity contribution in [3.05, 3.63) is 11.6 Å². The molecule has 0 amide bonds. The largest absolute Gasteiger partial charge is 0.463 e. The normalized spacial score (nSPS) is 20.3. The maximum Gasteiger partial charge on any atom is 0.330 e. The molecule has 0 heterocycles. The van der Waals surface area contributed by atoms with Crippen molar-refractivity contribution in [3.8, 4) is 0 Å². The molecule has 1 aliphatic carbocycles. The lowest BCUT2D eigenvalue weighted by Crippen LogP contribution is -2.58. The zero-order valence-electron chi connectivity index (χ0n) is 20.2. The van der Waals surface area contributed by atoms with E-state index < -0.39 is 22.4 Å². The molecule has 0 radical (unpaired) electrons. The smallest absolute Gasteiger partial charge is 0.330 e. The van der Waals surface area contributed by atoms with Crippen molar-refractivity contribution in [1.29, 1.82) is 0 Å². The molecule has 164 valence electrons. The van der Waals surface area contributed by atoms with Gasteiger partial charge in [-0.1, -0.05) is 41.5 Å². The van der Waals surface area contributed by atoms with Gasteiger partial charge in [0.15, 0.2) is 22.4 Å². The Morgan fingerprint density at radius 1 is 0.964 bits per heavy atom. The summed E-state index contributed by atoms with van der Waals surface area (Å²) in [6.45, 7) is 24.8. The van der Waals surface area contributed by atoms with Crippen LogP contribution in [0.4, 0.5) is 0 Å². The molecule has 0 aliphatic heterocycles. The maximum atomic E-state index is 12.3. The second-order valence-electron chi connectivity index (χ2n) is 11.1. The van der Waals surface area contributed by atoms with Gasteiger partial charge in [-0.2, -0.15) is 0 Å². The number of esters is 1. The highest BCUT2D eigenvalue weighted by Gasteiger charge is 2.52. The van der Waals surface area contributed by atoms with Crippen LogP contribution in [0.2, 0.25) is 36.3 Å². The summed E-state index contributed by atoms with van der Waals surface area (Å²) in [5.74, 6) is -1.10. The molecule has 0 unspecified atom stereocenters. The fourth-order valence-corrected chi connectivity index (χ4v) is 5.81. The number of hydrogen-bond donors (Lipinski definition) is 0. The average Bonchev–Trinajstić information content (AvgIpc) is 2.46. The van der Waals surface area contributed by atoms with Crippen molar-refractivity contribution >= 4 is 22.6 Å². The lowest BCUT2D eigenvalue weighted by Gasteiger charge is -2.52. The average molecular weight is 429 g/mol. The summed E-state index contributed by atoms with van der Waals surface area (Å²) in [4.78, 5) is 12.3. The van der Waals surface area contributed by atoms with Crippen LogP contribution in [-0.4, -0.2) is 35.0 Å². The molecule has 1 rings (SSSR count). The second-order valence-corrected chi connectivity index (χ2v) is 20.6. The third kappa shape index (κ3) is 6.03. The van der Waals surface area contributed by atoms with E-state index in [9.17, 15) is 4.79 Å². The number of carbonyl (C=O) groups excluding carboxylic acids is 1. The molecule has 0 N–H and O–H groups in total. The zero-order valence-corrected chi connectivity index (χ0v) is 22.2. The van der Waals surface area contributed by atoms with Crippen LogP contribution in [0.3, 0.4) is 0 Å². The summed E-state index contributed by atoms with van der Waals surface area (Å²) in [6, 6.07) is 0.